The van der Waals surface area contributed by atoms with Gasteiger partial charge >= 0.3 is 0 Å². The lowest BCUT2D eigenvalue weighted by atomic mass is 10.0. The van der Waals surface area contributed by atoms with E-state index in [1.807, 2.05) is 18.3 Å². The van der Waals surface area contributed by atoms with Crippen LogP contribution in [0.5, 0.6) is 0 Å². The summed E-state index contributed by atoms with van der Waals surface area (Å²) in [6, 6.07) is 49.2. The summed E-state index contributed by atoms with van der Waals surface area (Å²) in [6.45, 7) is 0. The molecule has 11 aromatic rings. The summed E-state index contributed by atoms with van der Waals surface area (Å²) in [5.41, 5.74) is 7.55. The van der Waals surface area contributed by atoms with Gasteiger partial charge in [0.25, 0.3) is 0 Å². The molecule has 0 bridgehead atoms. The van der Waals surface area contributed by atoms with Crippen molar-refractivity contribution in [3.05, 3.63) is 146 Å². The second-order valence-electron chi connectivity index (χ2n) is 12.3. The Kier molecular flexibility index (Phi) is 4.78. The minimum Gasteiger partial charge on any atom is -0.454 e. The van der Waals surface area contributed by atoms with Gasteiger partial charge in [0, 0.05) is 26.9 Å². The van der Waals surface area contributed by atoms with Crippen LogP contribution in [0.3, 0.4) is 0 Å². The third kappa shape index (κ3) is 3.37. The minimum atomic E-state index is 0.785. The van der Waals surface area contributed by atoms with Gasteiger partial charge in [-0.25, -0.2) is 9.97 Å². The number of fused-ring (bicyclic) bond motifs is 11. The SMILES string of the molecule is c1ccc2cc3c(cc2c1)c1cc2ccccc2cc1n3-c1cnc2c(n1)c1ccccc1n2-c1cccc2c1oc1ccccc12. The molecular weight excluding hydrogens is 576 g/mol. The van der Waals surface area contributed by atoms with Crippen LogP contribution in [0.4, 0.5) is 0 Å². The van der Waals surface area contributed by atoms with E-state index in [1.54, 1.807) is 0 Å². The van der Waals surface area contributed by atoms with E-state index in [0.29, 0.717) is 0 Å². The Morgan fingerprint density at radius 2 is 1.06 bits per heavy atom. The molecule has 0 aliphatic carbocycles. The maximum Gasteiger partial charge on any atom is 0.164 e. The highest BCUT2D eigenvalue weighted by Crippen LogP contribution is 2.39. The van der Waals surface area contributed by atoms with Crippen LogP contribution in [0.15, 0.2) is 150 Å². The zero-order chi connectivity index (χ0) is 30.6. The highest BCUT2D eigenvalue weighted by atomic mass is 16.3. The summed E-state index contributed by atoms with van der Waals surface area (Å²) in [7, 11) is 0. The lowest BCUT2D eigenvalue weighted by molar-refractivity contribution is 0.666. The van der Waals surface area contributed by atoms with E-state index in [0.717, 1.165) is 66.5 Å². The molecule has 47 heavy (non-hydrogen) atoms. The van der Waals surface area contributed by atoms with Gasteiger partial charge in [-0.1, -0.05) is 97.1 Å². The lowest BCUT2D eigenvalue weighted by Gasteiger charge is -2.10. The molecule has 0 radical (unpaired) electrons. The average molecular weight is 601 g/mol. The van der Waals surface area contributed by atoms with E-state index in [9.17, 15) is 0 Å². The first kappa shape index (κ1) is 24.8. The van der Waals surface area contributed by atoms with Crippen molar-refractivity contribution >= 4 is 87.4 Å². The molecule has 4 heterocycles. The van der Waals surface area contributed by atoms with Crippen LogP contribution in [-0.2, 0) is 0 Å². The van der Waals surface area contributed by atoms with Gasteiger partial charge in [0.05, 0.1) is 28.4 Å². The normalized spacial score (nSPS) is 12.3. The van der Waals surface area contributed by atoms with Gasteiger partial charge in [0.2, 0.25) is 0 Å². The highest BCUT2D eigenvalue weighted by molar-refractivity contribution is 6.17. The fourth-order valence-electron chi connectivity index (χ4n) is 7.60. The Morgan fingerprint density at radius 1 is 0.468 bits per heavy atom. The second kappa shape index (κ2) is 9.05. The Bertz CT molecular complexity index is 2990. The summed E-state index contributed by atoms with van der Waals surface area (Å²) in [6.07, 6.45) is 1.92. The molecule has 5 heteroatoms. The van der Waals surface area contributed by atoms with Gasteiger partial charge in [-0.2, -0.15) is 0 Å². The van der Waals surface area contributed by atoms with E-state index in [1.165, 1.54) is 32.3 Å². The van der Waals surface area contributed by atoms with Crippen molar-refractivity contribution in [3.8, 4) is 11.5 Å². The molecule has 11 rings (SSSR count). The summed E-state index contributed by atoms with van der Waals surface area (Å²) in [5.74, 6) is 0.785. The maximum absolute atomic E-state index is 6.48. The fraction of sp³-hybridized carbons (Fsp3) is 0. The van der Waals surface area contributed by atoms with Gasteiger partial charge in [0.1, 0.15) is 11.1 Å². The maximum atomic E-state index is 6.48. The molecule has 0 N–H and O–H groups in total. The van der Waals surface area contributed by atoms with Crippen molar-refractivity contribution in [2.75, 3.05) is 0 Å². The van der Waals surface area contributed by atoms with Crippen LogP contribution in [0.2, 0.25) is 0 Å². The van der Waals surface area contributed by atoms with E-state index in [2.05, 4.69) is 137 Å². The third-order valence-electron chi connectivity index (χ3n) is 9.71. The van der Waals surface area contributed by atoms with E-state index in [-0.39, 0.29) is 0 Å². The summed E-state index contributed by atoms with van der Waals surface area (Å²) in [4.78, 5) is 10.6. The number of hydrogen-bond acceptors (Lipinski definition) is 3. The largest absolute Gasteiger partial charge is 0.454 e. The molecule has 0 spiro atoms. The third-order valence-corrected chi connectivity index (χ3v) is 9.71. The number of aromatic nitrogens is 4. The van der Waals surface area contributed by atoms with Crippen molar-refractivity contribution in [2.24, 2.45) is 0 Å². The number of rotatable bonds is 2. The first-order valence-corrected chi connectivity index (χ1v) is 15.8. The van der Waals surface area contributed by atoms with Crippen molar-refractivity contribution in [1.29, 1.82) is 0 Å². The Morgan fingerprint density at radius 3 is 1.79 bits per heavy atom. The quantitative estimate of drug-likeness (QED) is 0.198. The van der Waals surface area contributed by atoms with Gasteiger partial charge < -0.3 is 4.42 Å². The first-order valence-electron chi connectivity index (χ1n) is 15.8. The van der Waals surface area contributed by atoms with E-state index < -0.39 is 0 Å². The van der Waals surface area contributed by atoms with Crippen LogP contribution in [0, 0.1) is 0 Å². The Hall–Kier alpha value is -6.46. The van der Waals surface area contributed by atoms with Crippen LogP contribution >= 0.6 is 0 Å². The monoisotopic (exact) mass is 600 g/mol. The smallest absolute Gasteiger partial charge is 0.164 e. The number of hydrogen-bond donors (Lipinski definition) is 0. The van der Waals surface area contributed by atoms with Gasteiger partial charge in [0.15, 0.2) is 17.0 Å². The summed E-state index contributed by atoms with van der Waals surface area (Å²) in [5, 5.41) is 10.4. The number of furan rings is 1. The fourth-order valence-corrected chi connectivity index (χ4v) is 7.60. The molecule has 0 atom stereocenters. The van der Waals surface area contributed by atoms with Crippen molar-refractivity contribution in [3.63, 3.8) is 0 Å². The number of para-hydroxylation sites is 3. The predicted octanol–water partition coefficient (Wildman–Crippen LogP) is 10.9. The molecule has 0 unspecified atom stereocenters. The Labute approximate surface area is 267 Å². The molecule has 4 aromatic heterocycles. The average Bonchev–Trinajstić information content (AvgIpc) is 3.77. The zero-order valence-corrected chi connectivity index (χ0v) is 25.1. The summed E-state index contributed by atoms with van der Waals surface area (Å²) < 4.78 is 11.0. The standard InChI is InChI=1S/C42H24N4O/c1-3-12-27-22-36-32(20-25(27)10-1)33-21-26-11-2-4-13-28(26)23-37(33)45(36)39-24-43-42-40(44-39)31-15-5-7-17-34(31)46(42)35-18-9-16-30-29-14-6-8-19-38(29)47-41(30)35/h1-24H. The Balaban J connectivity index is 1.24. The van der Waals surface area contributed by atoms with Crippen molar-refractivity contribution in [1.82, 2.24) is 19.1 Å². The lowest BCUT2D eigenvalue weighted by Crippen LogP contribution is -2.01. The topological polar surface area (TPSA) is 48.8 Å². The molecule has 218 valence electrons. The molecule has 5 nitrogen and oxygen atoms in total. The molecule has 0 saturated heterocycles. The van der Waals surface area contributed by atoms with Crippen LogP contribution in [-0.4, -0.2) is 19.1 Å². The number of nitrogens with zero attached hydrogens (tertiary/aromatic N) is 4. The van der Waals surface area contributed by atoms with Crippen LogP contribution in [0.1, 0.15) is 0 Å². The molecule has 0 aliphatic rings. The van der Waals surface area contributed by atoms with Crippen LogP contribution in [0.25, 0.3) is 98.9 Å². The number of benzene rings is 7. The van der Waals surface area contributed by atoms with E-state index >= 15 is 0 Å². The highest BCUT2D eigenvalue weighted by Gasteiger charge is 2.21. The molecule has 0 saturated carbocycles. The van der Waals surface area contributed by atoms with Crippen molar-refractivity contribution in [2.45, 2.75) is 0 Å². The predicted molar refractivity (Wildman–Crippen MR) is 193 cm³/mol. The molecule has 0 fully saturated rings. The van der Waals surface area contributed by atoms with Gasteiger partial charge in [-0.15, -0.1) is 0 Å². The summed E-state index contributed by atoms with van der Waals surface area (Å²) >= 11 is 0. The molecule has 7 aromatic carbocycles. The van der Waals surface area contributed by atoms with E-state index in [4.69, 9.17) is 14.4 Å². The van der Waals surface area contributed by atoms with Crippen molar-refractivity contribution < 1.29 is 4.42 Å². The first-order chi connectivity index (χ1) is 23.3. The zero-order valence-electron chi connectivity index (χ0n) is 25.1. The second-order valence-corrected chi connectivity index (χ2v) is 12.3. The van der Waals surface area contributed by atoms with Gasteiger partial charge in [-0.3, -0.25) is 9.13 Å². The molecular formula is C42H24N4O. The van der Waals surface area contributed by atoms with Gasteiger partial charge in [-0.05, 0) is 64.0 Å². The van der Waals surface area contributed by atoms with Crippen LogP contribution < -0.4 is 0 Å². The molecule has 0 aliphatic heterocycles. The minimum absolute atomic E-state index is 0.785. The molecule has 0 amide bonds.